The molecule has 3 rings (SSSR count). The van der Waals surface area contributed by atoms with Crippen molar-refractivity contribution in [3.63, 3.8) is 0 Å². The zero-order chi connectivity index (χ0) is 12.7. The minimum Gasteiger partial charge on any atom is -0.310 e. The lowest BCUT2D eigenvalue weighted by Crippen LogP contribution is -2.45. The largest absolute Gasteiger partial charge is 0.310 e. The highest BCUT2D eigenvalue weighted by atomic mass is 15.3. The molecule has 1 saturated heterocycles. The van der Waals surface area contributed by atoms with Crippen molar-refractivity contribution in [2.24, 2.45) is 11.8 Å². The van der Waals surface area contributed by atoms with E-state index in [9.17, 15) is 0 Å². The van der Waals surface area contributed by atoms with Crippen LogP contribution >= 0.6 is 0 Å². The third-order valence-electron chi connectivity index (χ3n) is 5.52. The Labute approximate surface area is 113 Å². The first-order valence-electron chi connectivity index (χ1n) is 8.15. The zero-order valence-corrected chi connectivity index (χ0v) is 12.4. The Kier molecular flexibility index (Phi) is 3.68. The number of likely N-dealkylation sites (tertiary alicyclic amines) is 1. The number of rotatable bonds is 3. The summed E-state index contributed by atoms with van der Waals surface area (Å²) in [6, 6.07) is 3.31. The Hall–Kier alpha value is -0.0800. The molecule has 0 aromatic carbocycles. The molecule has 2 heteroatoms. The van der Waals surface area contributed by atoms with Crippen molar-refractivity contribution in [3.8, 4) is 0 Å². The lowest BCUT2D eigenvalue weighted by molar-refractivity contribution is 0.209. The van der Waals surface area contributed by atoms with Gasteiger partial charge in [-0.2, -0.15) is 0 Å². The summed E-state index contributed by atoms with van der Waals surface area (Å²) < 4.78 is 0. The minimum absolute atomic E-state index is 0.765. The molecular weight excluding hydrogens is 220 g/mol. The first-order valence-corrected chi connectivity index (χ1v) is 8.15. The van der Waals surface area contributed by atoms with Crippen LogP contribution in [0.2, 0.25) is 0 Å². The van der Waals surface area contributed by atoms with Gasteiger partial charge in [0.05, 0.1) is 0 Å². The van der Waals surface area contributed by atoms with Gasteiger partial charge in [0.15, 0.2) is 0 Å². The molecule has 0 radical (unpaired) electrons. The van der Waals surface area contributed by atoms with Crippen LogP contribution < -0.4 is 5.32 Å². The van der Waals surface area contributed by atoms with Gasteiger partial charge in [0.2, 0.25) is 0 Å². The fourth-order valence-electron chi connectivity index (χ4n) is 4.31. The summed E-state index contributed by atoms with van der Waals surface area (Å²) in [4.78, 5) is 2.76. The van der Waals surface area contributed by atoms with E-state index in [1.54, 1.807) is 0 Å². The van der Waals surface area contributed by atoms with Crippen molar-refractivity contribution in [1.29, 1.82) is 0 Å². The van der Waals surface area contributed by atoms with Gasteiger partial charge in [0.25, 0.3) is 0 Å². The van der Waals surface area contributed by atoms with Crippen molar-refractivity contribution in [2.75, 3.05) is 6.54 Å². The van der Waals surface area contributed by atoms with Gasteiger partial charge in [-0.3, -0.25) is 4.90 Å². The monoisotopic (exact) mass is 250 g/mol. The average Bonchev–Trinajstić information content (AvgIpc) is 3.08. The average molecular weight is 250 g/mol. The molecule has 1 heterocycles. The highest BCUT2D eigenvalue weighted by Crippen LogP contribution is 2.34. The lowest BCUT2D eigenvalue weighted by Gasteiger charge is -2.35. The molecular formula is C16H30N2. The molecule has 0 bridgehead atoms. The van der Waals surface area contributed by atoms with Gasteiger partial charge in [-0.25, -0.2) is 0 Å². The Morgan fingerprint density at radius 2 is 1.72 bits per heavy atom. The summed E-state index contributed by atoms with van der Waals surface area (Å²) in [5.74, 6) is 1.82. The van der Waals surface area contributed by atoms with Gasteiger partial charge in [-0.1, -0.05) is 13.8 Å². The third kappa shape index (κ3) is 2.75. The molecule has 3 aliphatic rings. The summed E-state index contributed by atoms with van der Waals surface area (Å²) in [6.45, 7) is 8.60. The van der Waals surface area contributed by atoms with E-state index in [0.29, 0.717) is 0 Å². The molecule has 1 N–H and O–H groups in total. The van der Waals surface area contributed by atoms with Crippen molar-refractivity contribution in [1.82, 2.24) is 10.2 Å². The maximum Gasteiger partial charge on any atom is 0.0212 e. The molecule has 5 unspecified atom stereocenters. The zero-order valence-electron chi connectivity index (χ0n) is 12.4. The van der Waals surface area contributed by atoms with E-state index in [-0.39, 0.29) is 0 Å². The Morgan fingerprint density at radius 1 is 0.944 bits per heavy atom. The summed E-state index contributed by atoms with van der Waals surface area (Å²) in [7, 11) is 0. The Balaban J connectivity index is 1.51. The predicted octanol–water partition coefficient (Wildman–Crippen LogP) is 3.03. The van der Waals surface area contributed by atoms with Crippen LogP contribution in [-0.2, 0) is 0 Å². The van der Waals surface area contributed by atoms with Crippen LogP contribution in [0.1, 0.15) is 59.3 Å². The van der Waals surface area contributed by atoms with Crippen molar-refractivity contribution < 1.29 is 0 Å². The second kappa shape index (κ2) is 5.13. The molecule has 2 aliphatic carbocycles. The maximum atomic E-state index is 3.99. The molecule has 0 aromatic rings. The van der Waals surface area contributed by atoms with Gasteiger partial charge in [0, 0.05) is 30.7 Å². The third-order valence-corrected chi connectivity index (χ3v) is 5.52. The van der Waals surface area contributed by atoms with Crippen LogP contribution in [0, 0.1) is 11.8 Å². The molecule has 18 heavy (non-hydrogen) atoms. The van der Waals surface area contributed by atoms with E-state index >= 15 is 0 Å². The first kappa shape index (κ1) is 12.9. The number of hydrogen-bond donors (Lipinski definition) is 1. The second-order valence-corrected chi connectivity index (χ2v) is 7.38. The number of hydrogen-bond acceptors (Lipinski definition) is 2. The summed E-state index contributed by atoms with van der Waals surface area (Å²) in [5, 5.41) is 3.99. The molecule has 0 amide bonds. The number of nitrogens with zero attached hydrogens (tertiary/aromatic N) is 1. The van der Waals surface area contributed by atoms with E-state index in [2.05, 4.69) is 31.0 Å². The molecule has 0 spiro atoms. The number of nitrogens with one attached hydrogen (secondary N) is 1. The van der Waals surface area contributed by atoms with Crippen molar-refractivity contribution >= 4 is 0 Å². The maximum absolute atomic E-state index is 3.99. The SMILES string of the molecule is CC1CCC(NC2CC(C)N(C3CC3)C2)C(C)C1. The van der Waals surface area contributed by atoms with E-state index < -0.39 is 0 Å². The quantitative estimate of drug-likeness (QED) is 0.828. The van der Waals surface area contributed by atoms with Crippen LogP contribution in [-0.4, -0.2) is 35.6 Å². The lowest BCUT2D eigenvalue weighted by atomic mass is 9.79. The van der Waals surface area contributed by atoms with Gasteiger partial charge in [0.1, 0.15) is 0 Å². The van der Waals surface area contributed by atoms with E-state index in [1.165, 1.54) is 45.1 Å². The molecule has 1 aliphatic heterocycles. The Bertz CT molecular complexity index is 287. The second-order valence-electron chi connectivity index (χ2n) is 7.38. The van der Waals surface area contributed by atoms with Crippen LogP contribution in [0.15, 0.2) is 0 Å². The van der Waals surface area contributed by atoms with Crippen LogP contribution in [0.3, 0.4) is 0 Å². The fraction of sp³-hybridized carbons (Fsp3) is 1.00. The van der Waals surface area contributed by atoms with Gasteiger partial charge >= 0.3 is 0 Å². The molecule has 2 saturated carbocycles. The highest BCUT2D eigenvalue weighted by molar-refractivity contribution is 4.97. The minimum atomic E-state index is 0.765. The van der Waals surface area contributed by atoms with E-state index in [1.807, 2.05) is 0 Å². The van der Waals surface area contributed by atoms with Crippen LogP contribution in [0.4, 0.5) is 0 Å². The summed E-state index contributed by atoms with van der Waals surface area (Å²) in [5.41, 5.74) is 0. The van der Waals surface area contributed by atoms with Gasteiger partial charge < -0.3 is 5.32 Å². The topological polar surface area (TPSA) is 15.3 Å². The van der Waals surface area contributed by atoms with Crippen LogP contribution in [0.5, 0.6) is 0 Å². The van der Waals surface area contributed by atoms with Crippen molar-refractivity contribution in [2.45, 2.75) is 83.5 Å². The molecule has 2 nitrogen and oxygen atoms in total. The van der Waals surface area contributed by atoms with Gasteiger partial charge in [-0.05, 0) is 57.3 Å². The van der Waals surface area contributed by atoms with E-state index in [4.69, 9.17) is 0 Å². The predicted molar refractivity (Wildman–Crippen MR) is 76.7 cm³/mol. The summed E-state index contributed by atoms with van der Waals surface area (Å²) >= 11 is 0. The first-order chi connectivity index (χ1) is 8.63. The Morgan fingerprint density at radius 3 is 2.39 bits per heavy atom. The molecule has 104 valence electrons. The van der Waals surface area contributed by atoms with Gasteiger partial charge in [-0.15, -0.1) is 0 Å². The molecule has 3 fully saturated rings. The van der Waals surface area contributed by atoms with Crippen LogP contribution in [0.25, 0.3) is 0 Å². The summed E-state index contributed by atoms with van der Waals surface area (Å²) in [6.07, 6.45) is 8.53. The fourth-order valence-corrected chi connectivity index (χ4v) is 4.31. The van der Waals surface area contributed by atoms with Crippen molar-refractivity contribution in [3.05, 3.63) is 0 Å². The smallest absolute Gasteiger partial charge is 0.0212 e. The van der Waals surface area contributed by atoms with E-state index in [0.717, 1.165) is 36.0 Å². The standard InChI is InChI=1S/C16H30N2/c1-11-4-7-16(12(2)8-11)17-14-9-13(3)18(10-14)15-5-6-15/h11-17H,4-10H2,1-3H3. The normalized spacial score (nSPS) is 46.5. The highest BCUT2D eigenvalue weighted by Gasteiger charge is 2.39. The molecule has 5 atom stereocenters. The molecule has 0 aromatic heterocycles.